The van der Waals surface area contributed by atoms with Crippen LogP contribution in [0.3, 0.4) is 0 Å². The molecule has 4 rings (SSSR count). The Morgan fingerprint density at radius 2 is 2.12 bits per heavy atom. The van der Waals surface area contributed by atoms with Gasteiger partial charge in [-0.15, -0.1) is 11.8 Å². The Morgan fingerprint density at radius 3 is 2.92 bits per heavy atom. The van der Waals surface area contributed by atoms with Gasteiger partial charge in [-0.25, -0.2) is 0 Å². The van der Waals surface area contributed by atoms with E-state index < -0.39 is 0 Å². The second-order valence-corrected chi connectivity index (χ2v) is 8.11. The van der Waals surface area contributed by atoms with Gasteiger partial charge < -0.3 is 9.47 Å². The molecule has 4 nitrogen and oxygen atoms in total. The summed E-state index contributed by atoms with van der Waals surface area (Å²) < 4.78 is 11.8. The lowest BCUT2D eigenvalue weighted by Gasteiger charge is -2.47. The first kappa shape index (κ1) is 15.8. The van der Waals surface area contributed by atoms with Crippen LogP contribution in [0.1, 0.15) is 12.0 Å². The van der Waals surface area contributed by atoms with Crippen LogP contribution in [0.2, 0.25) is 0 Å². The van der Waals surface area contributed by atoms with Crippen LogP contribution in [0.4, 0.5) is 0 Å². The number of methoxy groups -OCH3 is 1. The molecule has 1 unspecified atom stereocenters. The van der Waals surface area contributed by atoms with Crippen molar-refractivity contribution in [1.82, 2.24) is 9.88 Å². The van der Waals surface area contributed by atoms with Gasteiger partial charge in [-0.3, -0.25) is 9.88 Å². The molecule has 1 aromatic heterocycles. The topological polar surface area (TPSA) is 34.6 Å². The molecule has 3 heterocycles. The molecule has 2 aromatic rings. The summed E-state index contributed by atoms with van der Waals surface area (Å²) in [6.45, 7) is 3.27. The molecule has 1 spiro atoms. The van der Waals surface area contributed by atoms with E-state index in [9.17, 15) is 0 Å². The van der Waals surface area contributed by atoms with Gasteiger partial charge in [0.2, 0.25) is 0 Å². The van der Waals surface area contributed by atoms with Gasteiger partial charge in [0, 0.05) is 42.8 Å². The number of pyridine rings is 1. The average molecular weight is 342 g/mol. The maximum Gasteiger partial charge on any atom is 0.138 e. The van der Waals surface area contributed by atoms with Crippen LogP contribution < -0.4 is 9.47 Å². The third-order valence-electron chi connectivity index (χ3n) is 4.68. The van der Waals surface area contributed by atoms with E-state index in [1.165, 1.54) is 5.56 Å². The summed E-state index contributed by atoms with van der Waals surface area (Å²) in [5.74, 6) is 2.89. The van der Waals surface area contributed by atoms with Crippen LogP contribution in [-0.2, 0) is 6.54 Å². The third-order valence-corrected chi connectivity index (χ3v) is 6.25. The summed E-state index contributed by atoms with van der Waals surface area (Å²) in [5.41, 5.74) is 1.32. The Morgan fingerprint density at radius 1 is 1.25 bits per heavy atom. The molecule has 126 valence electrons. The lowest BCUT2D eigenvalue weighted by molar-refractivity contribution is 0.0919. The summed E-state index contributed by atoms with van der Waals surface area (Å²) in [5, 5.41) is 0. The quantitative estimate of drug-likeness (QED) is 0.833. The fourth-order valence-electron chi connectivity index (χ4n) is 3.62. The predicted octanol–water partition coefficient (Wildman–Crippen LogP) is 3.23. The van der Waals surface area contributed by atoms with E-state index in [1.807, 2.05) is 18.2 Å². The van der Waals surface area contributed by atoms with Crippen molar-refractivity contribution in [2.45, 2.75) is 23.8 Å². The number of hydrogen-bond acceptors (Lipinski definition) is 5. The third kappa shape index (κ3) is 3.37. The molecule has 0 bridgehead atoms. The van der Waals surface area contributed by atoms with Gasteiger partial charge in [0.25, 0.3) is 0 Å². The van der Waals surface area contributed by atoms with Crippen molar-refractivity contribution in [3.63, 3.8) is 0 Å². The molecule has 2 aliphatic heterocycles. The number of nitrogens with zero attached hydrogens (tertiary/aromatic N) is 2. The number of aromatic nitrogens is 1. The highest BCUT2D eigenvalue weighted by Gasteiger charge is 2.49. The summed E-state index contributed by atoms with van der Waals surface area (Å²) >= 11 is 2.07. The first-order chi connectivity index (χ1) is 11.7. The number of ether oxygens (including phenoxy) is 2. The second kappa shape index (κ2) is 6.65. The van der Waals surface area contributed by atoms with Crippen molar-refractivity contribution in [3.05, 3.63) is 54.4 Å². The van der Waals surface area contributed by atoms with Crippen molar-refractivity contribution >= 4 is 11.8 Å². The Hall–Kier alpha value is -1.72. The van der Waals surface area contributed by atoms with Gasteiger partial charge in [-0.1, -0.05) is 12.1 Å². The fraction of sp³-hybridized carbons (Fsp3) is 0.421. The van der Waals surface area contributed by atoms with Gasteiger partial charge in [-0.05, 0) is 29.8 Å². The van der Waals surface area contributed by atoms with Crippen molar-refractivity contribution < 1.29 is 9.47 Å². The standard InChI is InChI=1S/C19H22N2O2S/c1-22-16-5-2-4-15(8-16)11-21-13-19(14-21)9-18(12-24-19)23-17-6-3-7-20-10-17/h2-8,10,18H,9,11-14H2,1H3. The van der Waals surface area contributed by atoms with Crippen molar-refractivity contribution in [1.29, 1.82) is 0 Å². The summed E-state index contributed by atoms with van der Waals surface area (Å²) in [6.07, 6.45) is 5.01. The zero-order chi connectivity index (χ0) is 16.4. The highest BCUT2D eigenvalue weighted by atomic mass is 32.2. The van der Waals surface area contributed by atoms with Crippen molar-refractivity contribution in [3.8, 4) is 11.5 Å². The number of hydrogen-bond donors (Lipinski definition) is 0. The zero-order valence-electron chi connectivity index (χ0n) is 13.9. The second-order valence-electron chi connectivity index (χ2n) is 6.62. The molecule has 1 aromatic carbocycles. The first-order valence-corrected chi connectivity index (χ1v) is 9.29. The Balaban J connectivity index is 1.29. The molecule has 0 aliphatic carbocycles. The molecule has 2 saturated heterocycles. The van der Waals surface area contributed by atoms with Crippen molar-refractivity contribution in [2.24, 2.45) is 0 Å². The van der Waals surface area contributed by atoms with Crippen LogP contribution in [0.25, 0.3) is 0 Å². The maximum absolute atomic E-state index is 6.07. The SMILES string of the molecule is COc1cccc(CN2CC3(CC(Oc4cccnc4)CS3)C2)c1. The van der Waals surface area contributed by atoms with Crippen LogP contribution in [0.5, 0.6) is 11.5 Å². The lowest BCUT2D eigenvalue weighted by atomic mass is 9.92. The van der Waals surface area contributed by atoms with E-state index in [4.69, 9.17) is 9.47 Å². The van der Waals surface area contributed by atoms with Crippen LogP contribution in [0.15, 0.2) is 48.8 Å². The first-order valence-electron chi connectivity index (χ1n) is 8.31. The van der Waals surface area contributed by atoms with Crippen molar-refractivity contribution in [2.75, 3.05) is 26.0 Å². The highest BCUT2D eigenvalue weighted by Crippen LogP contribution is 2.46. The van der Waals surface area contributed by atoms with Crippen LogP contribution in [0, 0.1) is 0 Å². The molecule has 5 heteroatoms. The minimum atomic E-state index is 0.304. The van der Waals surface area contributed by atoms with E-state index in [0.717, 1.165) is 43.3 Å². The Bertz CT molecular complexity index is 689. The lowest BCUT2D eigenvalue weighted by Crippen LogP contribution is -2.58. The Kier molecular flexibility index (Phi) is 4.37. The van der Waals surface area contributed by atoms with Crippen LogP contribution in [-0.4, -0.2) is 46.7 Å². The molecule has 0 N–H and O–H groups in total. The van der Waals surface area contributed by atoms with E-state index in [1.54, 1.807) is 19.5 Å². The largest absolute Gasteiger partial charge is 0.497 e. The molecular formula is C19H22N2O2S. The molecule has 0 saturated carbocycles. The van der Waals surface area contributed by atoms with Crippen LogP contribution >= 0.6 is 11.8 Å². The zero-order valence-corrected chi connectivity index (χ0v) is 14.7. The van der Waals surface area contributed by atoms with E-state index in [-0.39, 0.29) is 0 Å². The Labute approximate surface area is 147 Å². The number of rotatable bonds is 5. The monoisotopic (exact) mass is 342 g/mol. The minimum Gasteiger partial charge on any atom is -0.497 e. The summed E-state index contributed by atoms with van der Waals surface area (Å²) in [6, 6.07) is 12.3. The molecular weight excluding hydrogens is 320 g/mol. The minimum absolute atomic E-state index is 0.304. The predicted molar refractivity (Wildman–Crippen MR) is 96.7 cm³/mol. The molecule has 0 amide bonds. The fourth-order valence-corrected chi connectivity index (χ4v) is 5.19. The molecule has 1 atom stereocenters. The normalized spacial score (nSPS) is 22.3. The molecule has 24 heavy (non-hydrogen) atoms. The van der Waals surface area contributed by atoms with E-state index >= 15 is 0 Å². The van der Waals surface area contributed by atoms with E-state index in [0.29, 0.717) is 10.9 Å². The number of benzene rings is 1. The smallest absolute Gasteiger partial charge is 0.138 e. The van der Waals surface area contributed by atoms with Gasteiger partial charge in [0.15, 0.2) is 0 Å². The summed E-state index contributed by atoms with van der Waals surface area (Å²) in [4.78, 5) is 6.63. The van der Waals surface area contributed by atoms with Gasteiger partial charge in [0.05, 0.1) is 13.3 Å². The highest BCUT2D eigenvalue weighted by molar-refractivity contribution is 8.01. The molecule has 2 fully saturated rings. The van der Waals surface area contributed by atoms with Gasteiger partial charge in [0.1, 0.15) is 17.6 Å². The van der Waals surface area contributed by atoms with Gasteiger partial charge in [-0.2, -0.15) is 0 Å². The number of thioether (sulfide) groups is 1. The number of likely N-dealkylation sites (tertiary alicyclic amines) is 1. The maximum atomic E-state index is 6.07. The average Bonchev–Trinajstić information content (AvgIpc) is 2.99. The molecule has 0 radical (unpaired) electrons. The van der Waals surface area contributed by atoms with Gasteiger partial charge >= 0.3 is 0 Å². The van der Waals surface area contributed by atoms with E-state index in [2.05, 4.69) is 39.8 Å². The molecule has 2 aliphatic rings. The summed E-state index contributed by atoms with van der Waals surface area (Å²) in [7, 11) is 1.72.